The third-order valence-corrected chi connectivity index (χ3v) is 6.16. The molecule has 1 aromatic carbocycles. The molecule has 0 unspecified atom stereocenters. The summed E-state index contributed by atoms with van der Waals surface area (Å²) in [7, 11) is 0. The Morgan fingerprint density at radius 1 is 1.33 bits per heavy atom. The van der Waals surface area contributed by atoms with Crippen LogP contribution in [0.2, 0.25) is 0 Å². The van der Waals surface area contributed by atoms with E-state index in [9.17, 15) is 0 Å². The maximum absolute atomic E-state index is 4.61. The number of aromatic nitrogens is 2. The van der Waals surface area contributed by atoms with Gasteiger partial charge in [0.2, 0.25) is 0 Å². The van der Waals surface area contributed by atoms with Crippen LogP contribution >= 0.6 is 27.3 Å². The van der Waals surface area contributed by atoms with Crippen LogP contribution in [0.25, 0.3) is 20.3 Å². The average Bonchev–Trinajstić information content (AvgIpc) is 3.19. The monoisotopic (exact) mass is 360 g/mol. The van der Waals surface area contributed by atoms with Crippen molar-refractivity contribution in [1.29, 1.82) is 0 Å². The van der Waals surface area contributed by atoms with E-state index in [0.717, 1.165) is 28.9 Å². The van der Waals surface area contributed by atoms with Crippen LogP contribution in [0.4, 0.5) is 5.82 Å². The van der Waals surface area contributed by atoms with Crippen molar-refractivity contribution in [2.24, 2.45) is 0 Å². The third kappa shape index (κ3) is 1.76. The number of hydrogen-bond acceptors (Lipinski definition) is 5. The molecule has 106 valence electrons. The number of nitrogens with zero attached hydrogens (tertiary/aromatic N) is 3. The van der Waals surface area contributed by atoms with E-state index >= 15 is 0 Å². The third-order valence-electron chi connectivity index (χ3n) is 4.52. The molecule has 2 fully saturated rings. The molecule has 2 aromatic heterocycles. The van der Waals surface area contributed by atoms with Crippen LogP contribution in [-0.2, 0) is 0 Å². The zero-order chi connectivity index (χ0) is 14.0. The normalized spacial score (nSPS) is 24.5. The van der Waals surface area contributed by atoms with Gasteiger partial charge in [-0.3, -0.25) is 0 Å². The topological polar surface area (TPSA) is 41.0 Å². The van der Waals surface area contributed by atoms with Crippen molar-refractivity contribution in [1.82, 2.24) is 15.3 Å². The van der Waals surface area contributed by atoms with Crippen LogP contribution < -0.4 is 10.2 Å². The second-order valence-electron chi connectivity index (χ2n) is 5.76. The Morgan fingerprint density at radius 2 is 2.29 bits per heavy atom. The predicted octanol–water partition coefficient (Wildman–Crippen LogP) is 3.16. The Bertz CT molecular complexity index is 861. The lowest BCUT2D eigenvalue weighted by atomic mass is 10.2. The van der Waals surface area contributed by atoms with Crippen molar-refractivity contribution in [3.63, 3.8) is 0 Å². The van der Waals surface area contributed by atoms with Gasteiger partial charge in [0.25, 0.3) is 0 Å². The summed E-state index contributed by atoms with van der Waals surface area (Å²) in [4.78, 5) is 11.6. The predicted molar refractivity (Wildman–Crippen MR) is 90.2 cm³/mol. The zero-order valence-electron chi connectivity index (χ0n) is 11.2. The fraction of sp³-hybridized carbons (Fsp3) is 0.333. The highest BCUT2D eigenvalue weighted by molar-refractivity contribution is 9.10. The highest BCUT2D eigenvalue weighted by Crippen LogP contribution is 2.40. The molecule has 6 heteroatoms. The largest absolute Gasteiger partial charge is 0.349 e. The van der Waals surface area contributed by atoms with Gasteiger partial charge in [-0.15, -0.1) is 11.3 Å². The van der Waals surface area contributed by atoms with Gasteiger partial charge in [0, 0.05) is 39.7 Å². The molecule has 0 amide bonds. The van der Waals surface area contributed by atoms with Crippen molar-refractivity contribution in [2.75, 3.05) is 18.0 Å². The SMILES string of the molecule is Brc1ccc2c(c1)sc1c(N3C[C@@H]4C[C@H]3CN4)ncnc12. The molecule has 4 heterocycles. The summed E-state index contributed by atoms with van der Waals surface area (Å²) < 4.78 is 3.60. The summed E-state index contributed by atoms with van der Waals surface area (Å²) in [5.41, 5.74) is 1.09. The molecule has 4 nitrogen and oxygen atoms in total. The minimum absolute atomic E-state index is 0.588. The summed E-state index contributed by atoms with van der Waals surface area (Å²) >= 11 is 5.35. The molecule has 0 spiro atoms. The van der Waals surface area contributed by atoms with Crippen molar-refractivity contribution < 1.29 is 0 Å². The Labute approximate surface area is 134 Å². The fourth-order valence-corrected chi connectivity index (χ4v) is 5.27. The van der Waals surface area contributed by atoms with Crippen LogP contribution in [0.1, 0.15) is 6.42 Å². The average molecular weight is 361 g/mol. The molecule has 0 radical (unpaired) electrons. The number of fused-ring (bicyclic) bond motifs is 5. The Hall–Kier alpha value is -1.24. The van der Waals surface area contributed by atoms with Gasteiger partial charge in [-0.2, -0.15) is 0 Å². The first kappa shape index (κ1) is 12.3. The van der Waals surface area contributed by atoms with Gasteiger partial charge < -0.3 is 10.2 Å². The summed E-state index contributed by atoms with van der Waals surface area (Å²) in [6.45, 7) is 2.14. The molecular formula is C15H13BrN4S. The molecule has 2 aliphatic rings. The van der Waals surface area contributed by atoms with Crippen LogP contribution in [0, 0.1) is 0 Å². The van der Waals surface area contributed by atoms with E-state index in [2.05, 4.69) is 54.3 Å². The molecule has 2 aliphatic heterocycles. The second kappa shape index (κ2) is 4.38. The Kier molecular flexibility index (Phi) is 2.57. The maximum Gasteiger partial charge on any atom is 0.150 e. The summed E-state index contributed by atoms with van der Waals surface area (Å²) in [6.07, 6.45) is 2.95. The maximum atomic E-state index is 4.61. The van der Waals surface area contributed by atoms with Crippen LogP contribution in [0.3, 0.4) is 0 Å². The summed E-state index contributed by atoms with van der Waals surface area (Å²) in [5.74, 6) is 1.12. The number of hydrogen-bond donors (Lipinski definition) is 1. The molecule has 21 heavy (non-hydrogen) atoms. The minimum Gasteiger partial charge on any atom is -0.349 e. The molecule has 0 saturated carbocycles. The number of piperazine rings is 1. The van der Waals surface area contributed by atoms with E-state index in [1.807, 2.05) is 0 Å². The molecule has 2 saturated heterocycles. The first-order chi connectivity index (χ1) is 10.3. The van der Waals surface area contributed by atoms with Crippen molar-refractivity contribution in [3.8, 4) is 0 Å². The van der Waals surface area contributed by atoms with Gasteiger partial charge in [-0.1, -0.05) is 22.0 Å². The van der Waals surface area contributed by atoms with Gasteiger partial charge >= 0.3 is 0 Å². The number of nitrogens with one attached hydrogen (secondary N) is 1. The molecule has 3 aromatic rings. The van der Waals surface area contributed by atoms with E-state index < -0.39 is 0 Å². The number of anilines is 1. The number of thiophene rings is 1. The van der Waals surface area contributed by atoms with E-state index in [1.165, 1.54) is 21.2 Å². The van der Waals surface area contributed by atoms with Crippen LogP contribution in [0.15, 0.2) is 29.0 Å². The van der Waals surface area contributed by atoms with E-state index in [4.69, 9.17) is 0 Å². The molecule has 5 rings (SSSR count). The van der Waals surface area contributed by atoms with Crippen molar-refractivity contribution in [2.45, 2.75) is 18.5 Å². The first-order valence-electron chi connectivity index (χ1n) is 7.12. The minimum atomic E-state index is 0.588. The van der Waals surface area contributed by atoms with Gasteiger partial charge in [-0.05, 0) is 18.6 Å². The zero-order valence-corrected chi connectivity index (χ0v) is 13.6. The molecule has 2 atom stereocenters. The van der Waals surface area contributed by atoms with Gasteiger partial charge in [-0.25, -0.2) is 9.97 Å². The molecule has 2 bridgehead atoms. The van der Waals surface area contributed by atoms with Gasteiger partial charge in [0.1, 0.15) is 12.1 Å². The Balaban J connectivity index is 1.75. The lowest BCUT2D eigenvalue weighted by molar-refractivity contribution is 0.577. The Morgan fingerprint density at radius 3 is 3.10 bits per heavy atom. The summed E-state index contributed by atoms with van der Waals surface area (Å²) in [6, 6.07) is 7.61. The summed E-state index contributed by atoms with van der Waals surface area (Å²) in [5, 5.41) is 4.78. The lowest BCUT2D eigenvalue weighted by Gasteiger charge is -2.28. The quantitative estimate of drug-likeness (QED) is 0.723. The number of benzene rings is 1. The molecule has 1 N–H and O–H groups in total. The smallest absolute Gasteiger partial charge is 0.150 e. The van der Waals surface area contributed by atoms with Gasteiger partial charge in [0.05, 0.1) is 10.2 Å². The van der Waals surface area contributed by atoms with Crippen LogP contribution in [0.5, 0.6) is 0 Å². The first-order valence-corrected chi connectivity index (χ1v) is 8.73. The van der Waals surface area contributed by atoms with E-state index in [1.54, 1.807) is 17.7 Å². The van der Waals surface area contributed by atoms with Crippen LogP contribution in [-0.4, -0.2) is 35.1 Å². The second-order valence-corrected chi connectivity index (χ2v) is 7.73. The highest BCUT2D eigenvalue weighted by Gasteiger charge is 2.39. The highest BCUT2D eigenvalue weighted by atomic mass is 79.9. The number of halogens is 1. The van der Waals surface area contributed by atoms with Crippen molar-refractivity contribution >= 4 is 53.4 Å². The number of rotatable bonds is 1. The van der Waals surface area contributed by atoms with E-state index in [0.29, 0.717) is 12.1 Å². The standard InChI is InChI=1S/C15H13BrN4S/c16-8-1-2-11-12(3-8)21-14-13(11)18-7-19-15(14)20-6-9-4-10(20)5-17-9/h1-3,7,9-10,17H,4-6H2/t9-,10-/m0/s1. The molecular weight excluding hydrogens is 348 g/mol. The van der Waals surface area contributed by atoms with Gasteiger partial charge in [0.15, 0.2) is 0 Å². The fourth-order valence-electron chi connectivity index (χ4n) is 3.56. The van der Waals surface area contributed by atoms with Crippen molar-refractivity contribution in [3.05, 3.63) is 29.0 Å². The lowest BCUT2D eigenvalue weighted by Crippen LogP contribution is -2.44. The molecule has 0 aliphatic carbocycles. The van der Waals surface area contributed by atoms with E-state index in [-0.39, 0.29) is 0 Å².